The van der Waals surface area contributed by atoms with E-state index in [1.54, 1.807) is 22.2 Å². The molecule has 154 valence electrons. The Kier molecular flexibility index (Phi) is 6.71. The van der Waals surface area contributed by atoms with Crippen molar-refractivity contribution in [2.75, 3.05) is 27.2 Å². The smallest absolute Gasteiger partial charge is 0.280 e. The third kappa shape index (κ3) is 5.45. The summed E-state index contributed by atoms with van der Waals surface area (Å²) in [6, 6.07) is 6.10. The summed E-state index contributed by atoms with van der Waals surface area (Å²) in [7, 11) is 3.97. The Labute approximate surface area is 173 Å². The first kappa shape index (κ1) is 21.1. The van der Waals surface area contributed by atoms with Gasteiger partial charge in [0, 0.05) is 30.5 Å². The van der Waals surface area contributed by atoms with E-state index < -0.39 is 0 Å². The molecule has 3 aromatic rings. The standard InChI is InChI=1S/C20H25FN6OS/c1-13(2)11-22-19(28)20-24-17(12-29-20)27-18(14-5-7-15(21)8-6-14)23-16(25-27)9-10-26(3)4/h5-8,12-13H,9-11H2,1-4H3,(H,22,28). The maximum absolute atomic E-state index is 13.4. The Balaban J connectivity index is 1.92. The molecule has 0 spiro atoms. The van der Waals surface area contributed by atoms with Crippen LogP contribution in [0.25, 0.3) is 17.2 Å². The average molecular weight is 417 g/mol. The zero-order valence-corrected chi connectivity index (χ0v) is 17.8. The van der Waals surface area contributed by atoms with E-state index in [2.05, 4.69) is 25.3 Å². The molecule has 0 radical (unpaired) electrons. The predicted octanol–water partition coefficient (Wildman–Crippen LogP) is 3.02. The van der Waals surface area contributed by atoms with Gasteiger partial charge in [0.2, 0.25) is 0 Å². The molecule has 29 heavy (non-hydrogen) atoms. The SMILES string of the molecule is CC(C)CNC(=O)c1nc(-n2nc(CCN(C)C)nc2-c2ccc(F)cc2)cs1. The van der Waals surface area contributed by atoms with E-state index in [1.807, 2.05) is 27.9 Å². The van der Waals surface area contributed by atoms with Gasteiger partial charge in [0.25, 0.3) is 5.91 Å². The van der Waals surface area contributed by atoms with E-state index in [1.165, 1.54) is 23.5 Å². The fraction of sp³-hybridized carbons (Fsp3) is 0.400. The number of halogens is 1. The minimum absolute atomic E-state index is 0.203. The summed E-state index contributed by atoms with van der Waals surface area (Å²) >= 11 is 1.26. The van der Waals surface area contributed by atoms with Crippen LogP contribution >= 0.6 is 11.3 Å². The zero-order valence-electron chi connectivity index (χ0n) is 17.0. The van der Waals surface area contributed by atoms with Crippen molar-refractivity contribution in [3.63, 3.8) is 0 Å². The summed E-state index contributed by atoms with van der Waals surface area (Å²) in [5, 5.41) is 9.62. The van der Waals surface area contributed by atoms with Crippen molar-refractivity contribution in [1.29, 1.82) is 0 Å². The van der Waals surface area contributed by atoms with E-state index in [-0.39, 0.29) is 11.7 Å². The second-order valence-corrected chi connectivity index (χ2v) is 8.30. The lowest BCUT2D eigenvalue weighted by Gasteiger charge is -2.05. The number of nitrogens with one attached hydrogen (secondary N) is 1. The molecule has 0 fully saturated rings. The third-order valence-corrected chi connectivity index (χ3v) is 4.94. The molecule has 0 atom stereocenters. The van der Waals surface area contributed by atoms with Crippen molar-refractivity contribution >= 4 is 17.2 Å². The Morgan fingerprint density at radius 3 is 2.62 bits per heavy atom. The molecule has 3 rings (SSSR count). The molecule has 1 aromatic carbocycles. The molecular formula is C20H25FN6OS. The molecule has 0 aliphatic carbocycles. The number of amides is 1. The number of nitrogens with zero attached hydrogens (tertiary/aromatic N) is 5. The zero-order chi connectivity index (χ0) is 21.0. The van der Waals surface area contributed by atoms with Crippen molar-refractivity contribution in [2.45, 2.75) is 20.3 Å². The summed E-state index contributed by atoms with van der Waals surface area (Å²) < 4.78 is 15.0. The Bertz CT molecular complexity index is 964. The fourth-order valence-corrected chi connectivity index (χ4v) is 3.26. The minimum atomic E-state index is -0.314. The molecular weight excluding hydrogens is 391 g/mol. The summed E-state index contributed by atoms with van der Waals surface area (Å²) in [6.45, 7) is 5.46. The van der Waals surface area contributed by atoms with Gasteiger partial charge in [-0.25, -0.2) is 14.4 Å². The molecule has 9 heteroatoms. The number of rotatable bonds is 8. The molecule has 0 saturated carbocycles. The van der Waals surface area contributed by atoms with Crippen LogP contribution in [0.15, 0.2) is 29.6 Å². The lowest BCUT2D eigenvalue weighted by Crippen LogP contribution is -2.27. The van der Waals surface area contributed by atoms with Crippen LogP contribution in [0.1, 0.15) is 29.5 Å². The van der Waals surface area contributed by atoms with Crippen LogP contribution in [-0.4, -0.2) is 57.7 Å². The molecule has 2 heterocycles. The first-order valence-electron chi connectivity index (χ1n) is 9.44. The lowest BCUT2D eigenvalue weighted by atomic mass is 10.2. The third-order valence-electron chi connectivity index (χ3n) is 4.11. The van der Waals surface area contributed by atoms with Gasteiger partial charge in [0.15, 0.2) is 22.5 Å². The Hall–Kier alpha value is -2.65. The summed E-state index contributed by atoms with van der Waals surface area (Å²) in [6.07, 6.45) is 0.667. The van der Waals surface area contributed by atoms with E-state index in [0.717, 1.165) is 12.1 Å². The van der Waals surface area contributed by atoms with Crippen LogP contribution in [0.2, 0.25) is 0 Å². The number of hydrogen-bond acceptors (Lipinski definition) is 6. The number of aromatic nitrogens is 4. The van der Waals surface area contributed by atoms with Gasteiger partial charge >= 0.3 is 0 Å². The van der Waals surface area contributed by atoms with Crippen LogP contribution in [0.4, 0.5) is 4.39 Å². The number of hydrogen-bond donors (Lipinski definition) is 1. The normalized spacial score (nSPS) is 11.4. The molecule has 0 aliphatic rings. The van der Waals surface area contributed by atoms with E-state index in [4.69, 9.17) is 0 Å². The maximum atomic E-state index is 13.4. The van der Waals surface area contributed by atoms with Crippen LogP contribution in [-0.2, 0) is 6.42 Å². The van der Waals surface area contributed by atoms with Crippen LogP contribution < -0.4 is 5.32 Å². The predicted molar refractivity (Wildman–Crippen MR) is 112 cm³/mol. The van der Waals surface area contributed by atoms with Crippen LogP contribution in [0, 0.1) is 11.7 Å². The molecule has 2 aromatic heterocycles. The Morgan fingerprint density at radius 2 is 1.97 bits per heavy atom. The number of carbonyl (C=O) groups excluding carboxylic acids is 1. The number of benzene rings is 1. The number of carbonyl (C=O) groups is 1. The summed E-state index contributed by atoms with van der Waals surface area (Å²) in [5.74, 6) is 1.59. The maximum Gasteiger partial charge on any atom is 0.280 e. The summed E-state index contributed by atoms with van der Waals surface area (Å²) in [5.41, 5.74) is 0.730. The average Bonchev–Trinajstić information content (AvgIpc) is 3.32. The van der Waals surface area contributed by atoms with Gasteiger partial charge in [-0.15, -0.1) is 16.4 Å². The monoisotopic (exact) mass is 416 g/mol. The molecule has 1 amide bonds. The summed E-state index contributed by atoms with van der Waals surface area (Å²) in [4.78, 5) is 23.5. The van der Waals surface area contributed by atoms with Crippen LogP contribution in [0.3, 0.4) is 0 Å². The second-order valence-electron chi connectivity index (χ2n) is 7.44. The highest BCUT2D eigenvalue weighted by molar-refractivity contribution is 7.11. The van der Waals surface area contributed by atoms with Crippen molar-refractivity contribution in [2.24, 2.45) is 5.92 Å². The van der Waals surface area contributed by atoms with E-state index in [0.29, 0.717) is 41.4 Å². The van der Waals surface area contributed by atoms with E-state index in [9.17, 15) is 9.18 Å². The molecule has 7 nitrogen and oxygen atoms in total. The van der Waals surface area contributed by atoms with Gasteiger partial charge in [-0.05, 0) is 44.3 Å². The van der Waals surface area contributed by atoms with Crippen molar-refractivity contribution in [1.82, 2.24) is 30.0 Å². The van der Waals surface area contributed by atoms with Gasteiger partial charge in [0.05, 0.1) is 0 Å². The van der Waals surface area contributed by atoms with Crippen molar-refractivity contribution in [3.8, 4) is 17.2 Å². The van der Waals surface area contributed by atoms with Gasteiger partial charge < -0.3 is 10.2 Å². The Morgan fingerprint density at radius 1 is 1.24 bits per heavy atom. The second kappa shape index (κ2) is 9.23. The van der Waals surface area contributed by atoms with Crippen LogP contribution in [0.5, 0.6) is 0 Å². The van der Waals surface area contributed by atoms with Crippen molar-refractivity contribution in [3.05, 3.63) is 46.3 Å². The van der Waals surface area contributed by atoms with Crippen molar-refractivity contribution < 1.29 is 9.18 Å². The first-order chi connectivity index (χ1) is 13.8. The fourth-order valence-electron chi connectivity index (χ4n) is 2.57. The topological polar surface area (TPSA) is 75.9 Å². The first-order valence-corrected chi connectivity index (χ1v) is 10.3. The highest BCUT2D eigenvalue weighted by Crippen LogP contribution is 2.23. The number of likely N-dealkylation sites (N-methyl/N-ethyl adjacent to an activating group) is 1. The lowest BCUT2D eigenvalue weighted by molar-refractivity contribution is 0.0948. The van der Waals surface area contributed by atoms with Gasteiger partial charge in [-0.1, -0.05) is 13.8 Å². The number of thiazole rings is 1. The molecule has 0 bridgehead atoms. The molecule has 0 aliphatic heterocycles. The van der Waals surface area contributed by atoms with Gasteiger partial charge in [0.1, 0.15) is 5.82 Å². The molecule has 0 unspecified atom stereocenters. The largest absolute Gasteiger partial charge is 0.350 e. The molecule has 1 N–H and O–H groups in total. The minimum Gasteiger partial charge on any atom is -0.350 e. The van der Waals surface area contributed by atoms with E-state index >= 15 is 0 Å². The molecule has 0 saturated heterocycles. The highest BCUT2D eigenvalue weighted by Gasteiger charge is 2.18. The van der Waals surface area contributed by atoms with Gasteiger partial charge in [-0.2, -0.15) is 4.68 Å². The quantitative estimate of drug-likeness (QED) is 0.611. The highest BCUT2D eigenvalue weighted by atomic mass is 32.1. The van der Waals surface area contributed by atoms with Gasteiger partial charge in [-0.3, -0.25) is 4.79 Å².